The van der Waals surface area contributed by atoms with Crippen molar-refractivity contribution in [1.29, 1.82) is 0 Å². The molecule has 0 aliphatic heterocycles. The van der Waals surface area contributed by atoms with Crippen molar-refractivity contribution in [2.45, 2.75) is 3.79 Å². The Hall–Kier alpha value is -1.68. The van der Waals surface area contributed by atoms with E-state index in [1.165, 1.54) is 0 Å². The number of aromatic nitrogens is 3. The fraction of sp³-hybridized carbons (Fsp3) is 0.111. The monoisotopic (exact) mass is 550 g/mol. The summed E-state index contributed by atoms with van der Waals surface area (Å²) in [7, 11) is 1.57. The van der Waals surface area contributed by atoms with E-state index < -0.39 is 9.70 Å². The molecule has 0 radical (unpaired) electrons. The number of methoxy groups -OCH3 is 1. The first-order valence-electron chi connectivity index (χ1n) is 7.68. The maximum Gasteiger partial charge on any atom is 0.250 e. The predicted octanol–water partition coefficient (Wildman–Crippen LogP) is 4.76. The molecule has 1 aromatic heterocycles. The fourth-order valence-electron chi connectivity index (χ4n) is 1.95. The third-order valence-corrected chi connectivity index (χ3v) is 4.26. The van der Waals surface area contributed by atoms with Crippen molar-refractivity contribution in [2.24, 2.45) is 5.73 Å². The summed E-state index contributed by atoms with van der Waals surface area (Å²) in [5.41, 5.74) is 6.37. The molecule has 2 N–H and O–H groups in total. The normalized spacial score (nSPS) is 10.6. The molecule has 3 aromatic rings. The van der Waals surface area contributed by atoms with Gasteiger partial charge >= 0.3 is 0 Å². The lowest BCUT2D eigenvalue weighted by Crippen LogP contribution is -2.11. The Morgan fingerprint density at radius 2 is 1.61 bits per heavy atom. The quantitative estimate of drug-likeness (QED) is 0.374. The van der Waals surface area contributed by atoms with E-state index in [-0.39, 0.29) is 5.82 Å². The first-order chi connectivity index (χ1) is 13.2. The first kappa shape index (κ1) is 22.6. The van der Waals surface area contributed by atoms with Gasteiger partial charge < -0.3 is 10.5 Å². The van der Waals surface area contributed by atoms with Crippen LogP contribution in [0.3, 0.4) is 0 Å². The van der Waals surface area contributed by atoms with Gasteiger partial charge in [0, 0.05) is 33.7 Å². The summed E-state index contributed by atoms with van der Waals surface area (Å²) in [6.07, 6.45) is 0. The van der Waals surface area contributed by atoms with Crippen LogP contribution in [0, 0.1) is 3.83 Å². The number of carbonyl (C=O) groups is 1. The molecule has 0 spiro atoms. The Labute approximate surface area is 190 Å². The highest BCUT2D eigenvalue weighted by Crippen LogP contribution is 2.36. The highest BCUT2D eigenvalue weighted by atomic mass is 127. The minimum absolute atomic E-state index is 0.126. The number of nitrogens with two attached hydrogens (primary N) is 1. The number of halogens is 4. The summed E-state index contributed by atoms with van der Waals surface area (Å²) < 4.78 is 3.73. The summed E-state index contributed by atoms with van der Waals surface area (Å²) in [5.74, 6) is 0.912. The van der Waals surface area contributed by atoms with Gasteiger partial charge in [-0.25, -0.2) is 15.0 Å². The van der Waals surface area contributed by atoms with Gasteiger partial charge in [0.1, 0.15) is 5.75 Å². The first-order valence-corrected chi connectivity index (χ1v) is 9.90. The van der Waals surface area contributed by atoms with Crippen LogP contribution in [-0.2, 0) is 3.79 Å². The molecule has 146 valence electrons. The Bertz CT molecular complexity index is 936. The van der Waals surface area contributed by atoms with Crippen molar-refractivity contribution in [1.82, 2.24) is 15.0 Å². The van der Waals surface area contributed by atoms with Crippen molar-refractivity contribution in [3.63, 3.8) is 0 Å². The fourth-order valence-corrected chi connectivity index (χ4v) is 2.66. The lowest BCUT2D eigenvalue weighted by atomic mass is 10.2. The van der Waals surface area contributed by atoms with Gasteiger partial charge in [-0.3, -0.25) is 4.79 Å². The van der Waals surface area contributed by atoms with Gasteiger partial charge in [-0.15, -0.1) is 0 Å². The molecule has 28 heavy (non-hydrogen) atoms. The average molecular weight is 552 g/mol. The molecule has 0 bridgehead atoms. The van der Waals surface area contributed by atoms with Gasteiger partial charge in [-0.2, -0.15) is 0 Å². The van der Waals surface area contributed by atoms with E-state index in [1.54, 1.807) is 31.4 Å². The van der Waals surface area contributed by atoms with E-state index >= 15 is 0 Å². The number of nitrogens with zero attached hydrogens (tertiary/aromatic N) is 3. The Balaban J connectivity index is 0.000000221. The molecule has 2 aromatic carbocycles. The number of hydrogen-bond acceptors (Lipinski definition) is 5. The largest absolute Gasteiger partial charge is 0.497 e. The van der Waals surface area contributed by atoms with Crippen LogP contribution in [0.5, 0.6) is 5.75 Å². The van der Waals surface area contributed by atoms with Crippen molar-refractivity contribution < 1.29 is 9.53 Å². The molecular weight excluding hydrogens is 537 g/mol. The second kappa shape index (κ2) is 10.2. The van der Waals surface area contributed by atoms with Crippen LogP contribution in [0.1, 0.15) is 16.2 Å². The van der Waals surface area contributed by atoms with Crippen LogP contribution >= 0.6 is 57.4 Å². The number of ether oxygens (including phenoxy) is 1. The van der Waals surface area contributed by atoms with Crippen LogP contribution in [0.25, 0.3) is 11.4 Å². The predicted molar refractivity (Wildman–Crippen MR) is 119 cm³/mol. The van der Waals surface area contributed by atoms with E-state index in [0.29, 0.717) is 15.2 Å². The average Bonchev–Trinajstić information content (AvgIpc) is 2.68. The lowest BCUT2D eigenvalue weighted by Gasteiger charge is -2.10. The zero-order valence-corrected chi connectivity index (χ0v) is 18.9. The highest BCUT2D eigenvalue weighted by molar-refractivity contribution is 14.1. The Morgan fingerprint density at radius 3 is 2.11 bits per heavy atom. The summed E-state index contributed by atoms with van der Waals surface area (Å²) >= 11 is 19.3. The molecule has 0 saturated carbocycles. The van der Waals surface area contributed by atoms with Gasteiger partial charge in [0.25, 0.3) is 0 Å². The van der Waals surface area contributed by atoms with E-state index in [1.807, 2.05) is 52.9 Å². The third-order valence-electron chi connectivity index (χ3n) is 3.27. The molecule has 3 rings (SSSR count). The van der Waals surface area contributed by atoms with Crippen molar-refractivity contribution >= 4 is 63.3 Å². The van der Waals surface area contributed by atoms with Crippen LogP contribution in [0.4, 0.5) is 0 Å². The van der Waals surface area contributed by atoms with E-state index in [4.69, 9.17) is 45.3 Å². The van der Waals surface area contributed by atoms with Crippen LogP contribution < -0.4 is 10.5 Å². The molecule has 6 nitrogen and oxygen atoms in total. The summed E-state index contributed by atoms with van der Waals surface area (Å²) in [4.78, 5) is 22.9. The molecular formula is C18H14Cl3IN4O2. The molecule has 10 heteroatoms. The second-order valence-corrected chi connectivity index (χ2v) is 8.45. The van der Waals surface area contributed by atoms with Gasteiger partial charge in [0.15, 0.2) is 15.5 Å². The number of hydrogen-bond donors (Lipinski definition) is 1. The standard InChI is InChI=1S/C10H5Cl3IN3.C8H9NO2/c11-10(12,13)8-15-7(16-9(14)17-8)6-4-2-1-3-5-6;1-11-7-4-2-6(3-5-7)8(9)10/h1-5H;2-5H,1H3,(H2,9,10). The maximum absolute atomic E-state index is 10.6. The number of amides is 1. The number of benzene rings is 2. The summed E-state index contributed by atoms with van der Waals surface area (Å²) in [6.45, 7) is 0. The van der Waals surface area contributed by atoms with Crippen molar-refractivity contribution in [3.8, 4) is 17.1 Å². The van der Waals surface area contributed by atoms with Crippen LogP contribution in [0.2, 0.25) is 0 Å². The smallest absolute Gasteiger partial charge is 0.250 e. The molecule has 0 aliphatic rings. The Kier molecular flexibility index (Phi) is 8.23. The third kappa shape index (κ3) is 6.73. The number of alkyl halides is 3. The van der Waals surface area contributed by atoms with Crippen molar-refractivity contribution in [3.05, 3.63) is 69.8 Å². The second-order valence-electron chi connectivity index (χ2n) is 5.21. The van der Waals surface area contributed by atoms with Gasteiger partial charge in [-0.05, 0) is 24.3 Å². The molecule has 0 unspecified atom stereocenters. The Morgan fingerprint density at radius 1 is 1.00 bits per heavy atom. The summed E-state index contributed by atoms with van der Waals surface area (Å²) in [5, 5.41) is 0. The number of carbonyl (C=O) groups excluding carboxylic acids is 1. The lowest BCUT2D eigenvalue weighted by molar-refractivity contribution is 0.100. The highest BCUT2D eigenvalue weighted by Gasteiger charge is 2.28. The molecule has 0 atom stereocenters. The van der Waals surface area contributed by atoms with Crippen molar-refractivity contribution in [2.75, 3.05) is 7.11 Å². The van der Waals surface area contributed by atoms with E-state index in [2.05, 4.69) is 15.0 Å². The number of rotatable bonds is 3. The van der Waals surface area contributed by atoms with Crippen LogP contribution in [-0.4, -0.2) is 28.0 Å². The summed E-state index contributed by atoms with van der Waals surface area (Å²) in [6, 6.07) is 16.1. The van der Waals surface area contributed by atoms with Gasteiger partial charge in [0.2, 0.25) is 9.70 Å². The maximum atomic E-state index is 10.6. The van der Waals surface area contributed by atoms with Gasteiger partial charge in [-0.1, -0.05) is 65.1 Å². The SMILES string of the molecule is COc1ccc(C(N)=O)cc1.ClC(Cl)(Cl)c1nc(I)nc(-c2ccccc2)n1. The minimum Gasteiger partial charge on any atom is -0.497 e. The molecule has 0 fully saturated rings. The number of primary amides is 1. The topological polar surface area (TPSA) is 91.0 Å². The van der Waals surface area contributed by atoms with E-state index in [0.717, 1.165) is 11.3 Å². The van der Waals surface area contributed by atoms with E-state index in [9.17, 15) is 4.79 Å². The zero-order chi connectivity index (χ0) is 20.7. The molecule has 1 amide bonds. The molecule has 0 saturated heterocycles. The molecule has 1 heterocycles. The minimum atomic E-state index is -1.65. The molecule has 0 aliphatic carbocycles. The van der Waals surface area contributed by atoms with Crippen LogP contribution in [0.15, 0.2) is 54.6 Å². The van der Waals surface area contributed by atoms with Gasteiger partial charge in [0.05, 0.1) is 7.11 Å². The zero-order valence-electron chi connectivity index (χ0n) is 14.4.